The summed E-state index contributed by atoms with van der Waals surface area (Å²) in [5, 5.41) is 8.56. The molecule has 1 atom stereocenters. The first-order valence-electron chi connectivity index (χ1n) is 4.65. The van der Waals surface area contributed by atoms with Crippen molar-refractivity contribution in [1.29, 1.82) is 0 Å². The van der Waals surface area contributed by atoms with E-state index in [4.69, 9.17) is 10.8 Å². The Labute approximate surface area is 91.7 Å². The number of hydrogen-bond acceptors (Lipinski definition) is 4. The summed E-state index contributed by atoms with van der Waals surface area (Å²) in [5.41, 5.74) is 5.28. The van der Waals surface area contributed by atoms with Crippen molar-refractivity contribution < 1.29 is 14.7 Å². The van der Waals surface area contributed by atoms with Crippen LogP contribution in [0.15, 0.2) is 12.1 Å². The summed E-state index contributed by atoms with van der Waals surface area (Å²) in [4.78, 5) is 23.7. The molecule has 0 amide bonds. The number of carbonyl (C=O) groups excluding carboxylic acids is 1. The van der Waals surface area contributed by atoms with Gasteiger partial charge in [0.05, 0.1) is 4.88 Å². The number of ketones is 1. The summed E-state index contributed by atoms with van der Waals surface area (Å²) in [5.74, 6) is -1.34. The molecule has 0 aliphatic rings. The second-order valence-corrected chi connectivity index (χ2v) is 4.36. The van der Waals surface area contributed by atoms with Gasteiger partial charge in [0.2, 0.25) is 0 Å². The normalized spacial score (nSPS) is 12.4. The van der Waals surface area contributed by atoms with Crippen LogP contribution in [0.25, 0.3) is 0 Å². The highest BCUT2D eigenvalue weighted by Crippen LogP contribution is 2.18. The summed E-state index contributed by atoms with van der Waals surface area (Å²) < 4.78 is 0. The average molecular weight is 227 g/mol. The number of carboxylic acid groups (broad SMARTS) is 1. The van der Waals surface area contributed by atoms with Crippen LogP contribution in [0, 0.1) is 0 Å². The van der Waals surface area contributed by atoms with Crippen molar-refractivity contribution in [3.8, 4) is 0 Å². The number of hydrogen-bond donors (Lipinski definition) is 2. The molecule has 1 aromatic heterocycles. The van der Waals surface area contributed by atoms with Crippen LogP contribution in [0.2, 0.25) is 0 Å². The van der Waals surface area contributed by atoms with Gasteiger partial charge in [0, 0.05) is 11.3 Å². The number of thiophene rings is 1. The maximum Gasteiger partial charge on any atom is 0.320 e. The first-order chi connectivity index (χ1) is 7.04. The quantitative estimate of drug-likeness (QED) is 0.743. The van der Waals surface area contributed by atoms with E-state index in [1.54, 1.807) is 6.07 Å². The summed E-state index contributed by atoms with van der Waals surface area (Å²) in [6.45, 7) is 2.00. The van der Waals surface area contributed by atoms with Gasteiger partial charge in [-0.3, -0.25) is 9.59 Å². The summed E-state index contributed by atoms with van der Waals surface area (Å²) >= 11 is 1.40. The van der Waals surface area contributed by atoms with Gasteiger partial charge in [-0.05, 0) is 18.6 Å². The van der Waals surface area contributed by atoms with Crippen LogP contribution in [0.5, 0.6) is 0 Å². The van der Waals surface area contributed by atoms with Crippen LogP contribution < -0.4 is 5.73 Å². The fourth-order valence-corrected chi connectivity index (χ4v) is 2.00. The Morgan fingerprint density at radius 3 is 2.67 bits per heavy atom. The molecule has 5 heteroatoms. The highest BCUT2D eigenvalue weighted by Gasteiger charge is 2.18. The molecule has 0 aliphatic carbocycles. The van der Waals surface area contributed by atoms with Crippen LogP contribution in [-0.4, -0.2) is 22.9 Å². The zero-order chi connectivity index (χ0) is 11.4. The lowest BCUT2D eigenvalue weighted by molar-refractivity contribution is -0.138. The van der Waals surface area contributed by atoms with Crippen molar-refractivity contribution in [2.75, 3.05) is 0 Å². The van der Waals surface area contributed by atoms with Crippen LogP contribution in [0.1, 0.15) is 27.9 Å². The zero-order valence-corrected chi connectivity index (χ0v) is 9.21. The molecule has 0 bridgehead atoms. The standard InChI is InChI=1S/C10H13NO3S/c1-2-6-3-4-9(15-6)8(12)5-7(11)10(13)14/h3-4,7H,2,5,11H2,1H3,(H,13,14)/t7-/m0/s1. The molecule has 0 radical (unpaired) electrons. The fraction of sp³-hybridized carbons (Fsp3) is 0.400. The number of nitrogens with two attached hydrogens (primary N) is 1. The van der Waals surface area contributed by atoms with Crippen molar-refractivity contribution in [1.82, 2.24) is 0 Å². The Balaban J connectivity index is 2.65. The maximum atomic E-state index is 11.6. The molecule has 1 rings (SSSR count). The van der Waals surface area contributed by atoms with E-state index in [-0.39, 0.29) is 12.2 Å². The lowest BCUT2D eigenvalue weighted by Gasteiger charge is -2.03. The van der Waals surface area contributed by atoms with Gasteiger partial charge in [0.1, 0.15) is 6.04 Å². The Morgan fingerprint density at radius 1 is 1.53 bits per heavy atom. The Hall–Kier alpha value is -1.20. The van der Waals surface area contributed by atoms with Gasteiger partial charge in [-0.2, -0.15) is 0 Å². The topological polar surface area (TPSA) is 80.4 Å². The van der Waals surface area contributed by atoms with E-state index in [0.717, 1.165) is 11.3 Å². The minimum Gasteiger partial charge on any atom is -0.480 e. The van der Waals surface area contributed by atoms with Crippen LogP contribution >= 0.6 is 11.3 Å². The Kier molecular flexibility index (Phi) is 3.99. The Morgan fingerprint density at radius 2 is 2.20 bits per heavy atom. The molecule has 0 saturated heterocycles. The van der Waals surface area contributed by atoms with Crippen LogP contribution in [0.4, 0.5) is 0 Å². The zero-order valence-electron chi connectivity index (χ0n) is 8.40. The van der Waals surface area contributed by atoms with E-state index in [2.05, 4.69) is 0 Å². The van der Waals surface area contributed by atoms with E-state index < -0.39 is 12.0 Å². The highest BCUT2D eigenvalue weighted by molar-refractivity contribution is 7.14. The predicted molar refractivity (Wildman–Crippen MR) is 58.3 cm³/mol. The third kappa shape index (κ3) is 3.14. The second kappa shape index (κ2) is 5.04. The smallest absolute Gasteiger partial charge is 0.320 e. The number of carbonyl (C=O) groups is 2. The maximum absolute atomic E-state index is 11.6. The minimum absolute atomic E-state index is 0.140. The van der Waals surface area contributed by atoms with E-state index in [1.807, 2.05) is 13.0 Å². The largest absolute Gasteiger partial charge is 0.480 e. The molecule has 0 aromatic carbocycles. The number of Topliss-reactive ketones (excluding diaryl/α,β-unsaturated/α-hetero) is 1. The molecule has 82 valence electrons. The number of rotatable bonds is 5. The molecule has 3 N–H and O–H groups in total. The average Bonchev–Trinajstić information content (AvgIpc) is 2.65. The number of aryl methyl sites for hydroxylation is 1. The van der Waals surface area contributed by atoms with Gasteiger partial charge in [-0.1, -0.05) is 6.92 Å². The van der Waals surface area contributed by atoms with Gasteiger partial charge in [-0.25, -0.2) is 0 Å². The summed E-state index contributed by atoms with van der Waals surface area (Å²) in [7, 11) is 0. The van der Waals surface area contributed by atoms with Gasteiger partial charge in [0.15, 0.2) is 5.78 Å². The van der Waals surface area contributed by atoms with E-state index >= 15 is 0 Å². The number of carboxylic acids is 1. The van der Waals surface area contributed by atoms with Crippen molar-refractivity contribution in [2.45, 2.75) is 25.8 Å². The molecule has 0 spiro atoms. The Bertz CT molecular complexity index is 372. The fourth-order valence-electron chi connectivity index (χ4n) is 1.11. The molecule has 15 heavy (non-hydrogen) atoms. The van der Waals surface area contributed by atoms with Gasteiger partial charge < -0.3 is 10.8 Å². The van der Waals surface area contributed by atoms with Crippen LogP contribution in [-0.2, 0) is 11.2 Å². The van der Waals surface area contributed by atoms with E-state index in [1.165, 1.54) is 11.3 Å². The molecule has 0 fully saturated rings. The van der Waals surface area contributed by atoms with E-state index in [0.29, 0.717) is 4.88 Å². The summed E-state index contributed by atoms with van der Waals surface area (Å²) in [6, 6.07) is 2.49. The van der Waals surface area contributed by atoms with Gasteiger partial charge >= 0.3 is 5.97 Å². The van der Waals surface area contributed by atoms with Crippen molar-refractivity contribution >= 4 is 23.1 Å². The second-order valence-electron chi connectivity index (χ2n) is 3.19. The molecule has 1 heterocycles. The SMILES string of the molecule is CCc1ccc(C(=O)C[C@H](N)C(=O)O)s1. The third-order valence-corrected chi connectivity index (χ3v) is 3.28. The van der Waals surface area contributed by atoms with Crippen molar-refractivity contribution in [2.24, 2.45) is 5.73 Å². The third-order valence-electron chi connectivity index (χ3n) is 2.01. The molecular formula is C10H13NO3S. The highest BCUT2D eigenvalue weighted by atomic mass is 32.1. The van der Waals surface area contributed by atoms with Gasteiger partial charge in [-0.15, -0.1) is 11.3 Å². The minimum atomic E-state index is -1.14. The molecule has 0 saturated carbocycles. The number of aliphatic carboxylic acids is 1. The molecule has 4 nitrogen and oxygen atoms in total. The summed E-state index contributed by atoms with van der Waals surface area (Å²) in [6.07, 6.45) is 0.738. The predicted octanol–water partition coefficient (Wildman–Crippen LogP) is 1.30. The van der Waals surface area contributed by atoms with Crippen LogP contribution in [0.3, 0.4) is 0 Å². The molecule has 0 aliphatic heterocycles. The van der Waals surface area contributed by atoms with Crippen molar-refractivity contribution in [3.05, 3.63) is 21.9 Å². The van der Waals surface area contributed by atoms with Crippen molar-refractivity contribution in [3.63, 3.8) is 0 Å². The molecule has 0 unspecified atom stereocenters. The lowest BCUT2D eigenvalue weighted by atomic mass is 10.1. The van der Waals surface area contributed by atoms with Gasteiger partial charge in [0.25, 0.3) is 0 Å². The first kappa shape index (κ1) is 11.9. The van der Waals surface area contributed by atoms with E-state index in [9.17, 15) is 9.59 Å². The lowest BCUT2D eigenvalue weighted by Crippen LogP contribution is -2.32. The molecular weight excluding hydrogens is 214 g/mol. The monoisotopic (exact) mass is 227 g/mol. The first-order valence-corrected chi connectivity index (χ1v) is 5.46. The molecule has 1 aromatic rings.